The molecule has 258 valence electrons. The average molecular weight is 696 g/mol. The summed E-state index contributed by atoms with van der Waals surface area (Å²) in [6.07, 6.45) is 3.83. The van der Waals surface area contributed by atoms with Crippen molar-refractivity contribution < 1.29 is 13.8 Å². The Labute approximate surface area is 302 Å². The van der Waals surface area contributed by atoms with Crippen molar-refractivity contribution in [1.29, 1.82) is 0 Å². The SMILES string of the molecule is Cn1c(-c2ccccc2)c(N=Nc2[n+](C)c[nH][n+]2C)c2ccccc21.Cn1c(-c2ccccc2)c(N=Nc2scc[n+]2C)c2ccccc21.[CH3-].[CH3-]. The molecule has 0 atom stereocenters. The number of benzene rings is 4. The summed E-state index contributed by atoms with van der Waals surface area (Å²) >= 11 is 1.58. The van der Waals surface area contributed by atoms with Gasteiger partial charge in [-0.25, -0.2) is 4.57 Å². The van der Waals surface area contributed by atoms with Gasteiger partial charge in [0, 0.05) is 41.4 Å². The molecule has 8 rings (SSSR count). The average Bonchev–Trinajstić information content (AvgIpc) is 3.86. The number of para-hydroxylation sites is 2. The molecular formula is C40H43N10S+. The van der Waals surface area contributed by atoms with E-state index in [-0.39, 0.29) is 14.9 Å². The molecule has 8 aromatic rings. The molecule has 4 aromatic heterocycles. The van der Waals surface area contributed by atoms with E-state index in [0.717, 1.165) is 66.8 Å². The van der Waals surface area contributed by atoms with Crippen molar-refractivity contribution in [3.05, 3.63) is 142 Å². The van der Waals surface area contributed by atoms with Gasteiger partial charge in [-0.2, -0.15) is 4.57 Å². The zero-order chi connectivity index (χ0) is 33.9. The second-order valence-corrected chi connectivity index (χ2v) is 12.6. The van der Waals surface area contributed by atoms with E-state index in [9.17, 15) is 0 Å². The maximum absolute atomic E-state index is 4.64. The lowest BCUT2D eigenvalue weighted by atomic mass is 10.1. The van der Waals surface area contributed by atoms with E-state index < -0.39 is 0 Å². The number of hydrogen-bond acceptors (Lipinski definition) is 5. The smallest absolute Gasteiger partial charge is 0.358 e. The fourth-order valence-corrected chi connectivity index (χ4v) is 6.76. The highest BCUT2D eigenvalue weighted by molar-refractivity contribution is 7.12. The Morgan fingerprint density at radius 3 is 1.49 bits per heavy atom. The van der Waals surface area contributed by atoms with E-state index in [2.05, 4.69) is 103 Å². The third kappa shape index (κ3) is 7.01. The van der Waals surface area contributed by atoms with Crippen LogP contribution in [0.4, 0.5) is 22.5 Å². The molecule has 0 aliphatic heterocycles. The quantitative estimate of drug-likeness (QED) is 0.102. The summed E-state index contributed by atoms with van der Waals surface area (Å²) in [6.45, 7) is 0. The maximum Gasteiger partial charge on any atom is 0.553 e. The molecule has 4 heterocycles. The zero-order valence-corrected chi connectivity index (χ0v) is 30.9. The lowest BCUT2D eigenvalue weighted by Gasteiger charge is -2.04. The van der Waals surface area contributed by atoms with Crippen LogP contribution < -0.4 is 13.8 Å². The van der Waals surface area contributed by atoms with Gasteiger partial charge in [0.1, 0.15) is 29.7 Å². The Hall–Kier alpha value is -6.07. The standard InChI is InChI=1S/C19H19N6.C19H17N4S.2CH3/c1-23-13-20-25(3)19(23)22-21-17-15-11-7-8-12-16(15)24(2)18(17)14-9-5-4-6-10-14;1-22-12-13-24-19(22)21-20-17-15-10-6-7-11-16(15)23(2)18(17)14-8-4-3-5-9-14;;/h4-13H,1-3H3;3-13H,1-2H3;2*1H3/q2*+1;2*-1/p+1. The first-order valence-corrected chi connectivity index (χ1v) is 16.8. The Kier molecular flexibility index (Phi) is 11.1. The number of nitrogens with zero attached hydrogens (tertiary/aromatic N) is 9. The van der Waals surface area contributed by atoms with Gasteiger partial charge in [0.2, 0.25) is 0 Å². The number of nitrogens with one attached hydrogen (secondary N) is 1. The predicted octanol–water partition coefficient (Wildman–Crippen LogP) is 9.29. The topological polar surface area (TPSA) is 86.7 Å². The number of aryl methyl sites for hydroxylation is 5. The summed E-state index contributed by atoms with van der Waals surface area (Å²) in [7, 11) is 9.97. The lowest BCUT2D eigenvalue weighted by Crippen LogP contribution is -2.35. The molecule has 0 amide bonds. The number of thiazole rings is 1. The molecule has 0 saturated carbocycles. The Morgan fingerprint density at radius 1 is 0.569 bits per heavy atom. The summed E-state index contributed by atoms with van der Waals surface area (Å²) < 4.78 is 10.1. The molecule has 1 N–H and O–H groups in total. The van der Waals surface area contributed by atoms with Gasteiger partial charge in [0.05, 0.1) is 41.6 Å². The maximum atomic E-state index is 4.64. The van der Waals surface area contributed by atoms with Crippen molar-refractivity contribution >= 4 is 55.6 Å². The fraction of sp³-hybridized carbons (Fsp3) is 0.125. The molecule has 11 heteroatoms. The Morgan fingerprint density at radius 2 is 1.04 bits per heavy atom. The van der Waals surface area contributed by atoms with Crippen LogP contribution in [-0.2, 0) is 35.2 Å². The highest BCUT2D eigenvalue weighted by Crippen LogP contribution is 2.41. The van der Waals surface area contributed by atoms with Crippen molar-refractivity contribution in [1.82, 2.24) is 14.2 Å². The minimum absolute atomic E-state index is 0. The van der Waals surface area contributed by atoms with Crippen LogP contribution in [0.2, 0.25) is 0 Å². The van der Waals surface area contributed by atoms with E-state index in [0.29, 0.717) is 0 Å². The zero-order valence-electron chi connectivity index (χ0n) is 30.1. The monoisotopic (exact) mass is 695 g/mol. The van der Waals surface area contributed by atoms with Crippen LogP contribution in [0.1, 0.15) is 0 Å². The third-order valence-corrected chi connectivity index (χ3v) is 9.39. The summed E-state index contributed by atoms with van der Waals surface area (Å²) in [5.41, 5.74) is 8.49. The molecule has 0 saturated heterocycles. The minimum atomic E-state index is 0. The second-order valence-electron chi connectivity index (χ2n) is 11.7. The van der Waals surface area contributed by atoms with Gasteiger partial charge in [-0.15, -0.1) is 5.10 Å². The van der Waals surface area contributed by atoms with Gasteiger partial charge >= 0.3 is 11.1 Å². The number of aromatic nitrogens is 6. The fourth-order valence-electron chi connectivity index (χ4n) is 6.08. The molecule has 0 unspecified atom stereocenters. The number of H-pyrrole nitrogens is 1. The van der Waals surface area contributed by atoms with Crippen molar-refractivity contribution in [3.8, 4) is 22.5 Å². The second kappa shape index (κ2) is 15.6. The Bertz CT molecular complexity index is 2430. The van der Waals surface area contributed by atoms with Crippen LogP contribution in [0.5, 0.6) is 0 Å². The number of fused-ring (bicyclic) bond motifs is 2. The molecule has 0 fully saturated rings. The lowest BCUT2D eigenvalue weighted by molar-refractivity contribution is -0.771. The van der Waals surface area contributed by atoms with Crippen molar-refractivity contribution in [3.63, 3.8) is 0 Å². The van der Waals surface area contributed by atoms with Gasteiger partial charge in [-0.1, -0.05) is 97.1 Å². The molecule has 51 heavy (non-hydrogen) atoms. The third-order valence-electron chi connectivity index (χ3n) is 8.55. The largest absolute Gasteiger partial charge is 0.553 e. The highest BCUT2D eigenvalue weighted by Gasteiger charge is 2.23. The van der Waals surface area contributed by atoms with Gasteiger partial charge in [-0.3, -0.25) is 0 Å². The van der Waals surface area contributed by atoms with Gasteiger partial charge in [0.25, 0.3) is 6.33 Å². The molecule has 4 aromatic carbocycles. The first kappa shape index (κ1) is 36.2. The summed E-state index contributed by atoms with van der Waals surface area (Å²) in [6, 6.07) is 37.2. The number of azo groups is 2. The van der Waals surface area contributed by atoms with Crippen molar-refractivity contribution in [2.45, 2.75) is 0 Å². The van der Waals surface area contributed by atoms with E-state index in [4.69, 9.17) is 0 Å². The van der Waals surface area contributed by atoms with E-state index >= 15 is 0 Å². The van der Waals surface area contributed by atoms with Gasteiger partial charge in [0.15, 0.2) is 0 Å². The van der Waals surface area contributed by atoms with Crippen LogP contribution >= 0.6 is 11.3 Å². The van der Waals surface area contributed by atoms with E-state index in [1.807, 2.05) is 107 Å². The summed E-state index contributed by atoms with van der Waals surface area (Å²) in [5, 5.41) is 26.4. The number of rotatable bonds is 6. The van der Waals surface area contributed by atoms with Crippen LogP contribution in [-0.4, -0.2) is 14.2 Å². The molecule has 0 aliphatic carbocycles. The molecular weight excluding hydrogens is 653 g/mol. The summed E-state index contributed by atoms with van der Waals surface area (Å²) in [5.74, 6) is 0.743. The van der Waals surface area contributed by atoms with E-state index in [1.165, 1.54) is 0 Å². The van der Waals surface area contributed by atoms with E-state index in [1.54, 1.807) is 11.3 Å². The van der Waals surface area contributed by atoms with Crippen LogP contribution in [0, 0.1) is 14.9 Å². The van der Waals surface area contributed by atoms with Crippen LogP contribution in [0.25, 0.3) is 44.3 Å². The number of hydrogen-bond donors (Lipinski definition) is 1. The molecule has 0 bridgehead atoms. The molecule has 10 nitrogen and oxygen atoms in total. The summed E-state index contributed by atoms with van der Waals surface area (Å²) in [4.78, 5) is 0. The van der Waals surface area contributed by atoms with Gasteiger partial charge < -0.3 is 24.0 Å². The first-order valence-electron chi connectivity index (χ1n) is 15.9. The highest BCUT2D eigenvalue weighted by atomic mass is 32.1. The first-order chi connectivity index (χ1) is 23.9. The van der Waals surface area contributed by atoms with Crippen LogP contribution in [0.15, 0.2) is 148 Å². The van der Waals surface area contributed by atoms with Crippen molar-refractivity contribution in [2.75, 3.05) is 0 Å². The Balaban J connectivity index is 0.000000190. The van der Waals surface area contributed by atoms with Crippen LogP contribution in [0.3, 0.4) is 0 Å². The predicted molar refractivity (Wildman–Crippen MR) is 207 cm³/mol. The number of aromatic amines is 1. The molecule has 0 spiro atoms. The normalized spacial score (nSPS) is 11.2. The van der Waals surface area contributed by atoms with Crippen molar-refractivity contribution in [2.24, 2.45) is 55.7 Å². The molecule has 0 radical (unpaired) electrons. The van der Waals surface area contributed by atoms with Gasteiger partial charge in [-0.05, 0) is 38.4 Å². The molecule has 0 aliphatic rings. The minimum Gasteiger partial charge on any atom is -0.358 e.